The Labute approximate surface area is 147 Å². The zero-order valence-corrected chi connectivity index (χ0v) is 16.4. The van der Waals surface area contributed by atoms with Crippen LogP contribution >= 0.6 is 0 Å². The molecule has 1 N–H and O–H groups in total. The molecular weight excluding hydrogens is 305 g/mol. The molecule has 1 amide bonds. The van der Waals surface area contributed by atoms with E-state index in [2.05, 4.69) is 32.2 Å². The van der Waals surface area contributed by atoms with E-state index >= 15 is 0 Å². The molecule has 1 aliphatic rings. The van der Waals surface area contributed by atoms with Gasteiger partial charge in [-0.05, 0) is 72.7 Å². The molecule has 1 unspecified atom stereocenters. The van der Waals surface area contributed by atoms with Crippen molar-refractivity contribution in [2.24, 2.45) is 0 Å². The Morgan fingerprint density at radius 1 is 1.29 bits per heavy atom. The lowest BCUT2D eigenvalue weighted by atomic mass is 9.70. The van der Waals surface area contributed by atoms with Gasteiger partial charge in [0, 0.05) is 18.2 Å². The molecule has 138 valence electrons. The van der Waals surface area contributed by atoms with Crippen molar-refractivity contribution in [3.05, 3.63) is 11.5 Å². The van der Waals surface area contributed by atoms with Crippen molar-refractivity contribution in [3.8, 4) is 0 Å². The number of rotatable bonds is 7. The molecule has 1 atom stereocenters. The minimum atomic E-state index is -0.473. The fourth-order valence-electron chi connectivity index (χ4n) is 2.42. The number of carbonyl (C=O) groups excluding carboxylic acids is 1. The summed E-state index contributed by atoms with van der Waals surface area (Å²) >= 11 is 0. The Hall–Kier alpha value is -1.01. The summed E-state index contributed by atoms with van der Waals surface area (Å²) in [6, 6.07) is 0.102. The highest BCUT2D eigenvalue weighted by Crippen LogP contribution is 2.25. The average molecular weight is 339 g/mol. The van der Waals surface area contributed by atoms with Gasteiger partial charge in [0.05, 0.1) is 0 Å². The predicted octanol–water partition coefficient (Wildman–Crippen LogP) is 4.26. The van der Waals surface area contributed by atoms with Crippen molar-refractivity contribution < 1.29 is 18.8 Å². The summed E-state index contributed by atoms with van der Waals surface area (Å²) in [5.41, 5.74) is 0.478. The highest BCUT2D eigenvalue weighted by molar-refractivity contribution is 6.53. The molecular formula is C18H34BNO4. The second kappa shape index (κ2) is 8.91. The fourth-order valence-corrected chi connectivity index (χ4v) is 2.42. The number of hydrogen-bond donors (Lipinski definition) is 1. The average Bonchev–Trinajstić information content (AvgIpc) is 2.45. The van der Waals surface area contributed by atoms with E-state index in [1.807, 2.05) is 27.7 Å². The smallest absolute Gasteiger partial charge is 0.444 e. The number of hydrogen-bond acceptors (Lipinski definition) is 4. The van der Waals surface area contributed by atoms with Crippen molar-refractivity contribution in [1.29, 1.82) is 0 Å². The highest BCUT2D eigenvalue weighted by Gasteiger charge is 2.32. The summed E-state index contributed by atoms with van der Waals surface area (Å²) < 4.78 is 17.3. The summed E-state index contributed by atoms with van der Waals surface area (Å²) in [6.07, 6.45) is 5.20. The first-order valence-electron chi connectivity index (χ1n) is 9.04. The van der Waals surface area contributed by atoms with Crippen LogP contribution < -0.4 is 5.32 Å². The molecule has 0 heterocycles. The number of nitrogens with one attached hydrogen (secondary N) is 1. The van der Waals surface area contributed by atoms with Gasteiger partial charge in [-0.2, -0.15) is 0 Å². The van der Waals surface area contributed by atoms with E-state index in [1.165, 1.54) is 5.47 Å². The van der Waals surface area contributed by atoms with Gasteiger partial charge in [-0.15, -0.1) is 0 Å². The number of amides is 1. The Morgan fingerprint density at radius 3 is 2.42 bits per heavy atom. The monoisotopic (exact) mass is 339 g/mol. The molecule has 0 aromatic carbocycles. The van der Waals surface area contributed by atoms with Gasteiger partial charge in [0.25, 0.3) is 0 Å². The summed E-state index contributed by atoms with van der Waals surface area (Å²) in [7, 11) is -0.299. The molecule has 0 aromatic rings. The normalized spacial score (nSPS) is 18.8. The Bertz CT molecular complexity index is 443. The van der Waals surface area contributed by atoms with E-state index in [4.69, 9.17) is 14.0 Å². The molecule has 0 saturated heterocycles. The van der Waals surface area contributed by atoms with Crippen LogP contribution in [0.1, 0.15) is 74.1 Å². The second-order valence-electron chi connectivity index (χ2n) is 7.91. The van der Waals surface area contributed by atoms with E-state index in [0.29, 0.717) is 6.61 Å². The number of allylic oxidation sites excluding steroid dienone is 1. The highest BCUT2D eigenvalue weighted by atomic mass is 16.6. The van der Waals surface area contributed by atoms with Crippen LogP contribution in [0.5, 0.6) is 0 Å². The van der Waals surface area contributed by atoms with Crippen molar-refractivity contribution in [2.75, 3.05) is 6.61 Å². The van der Waals surface area contributed by atoms with Crippen molar-refractivity contribution in [1.82, 2.24) is 5.32 Å². The molecule has 0 bridgehead atoms. The molecule has 0 saturated carbocycles. The van der Waals surface area contributed by atoms with Crippen LogP contribution in [-0.2, 0) is 14.0 Å². The Kier molecular flexibility index (Phi) is 7.81. The van der Waals surface area contributed by atoms with Crippen LogP contribution in [-0.4, -0.2) is 37.1 Å². The minimum Gasteiger partial charge on any atom is -0.444 e. The van der Waals surface area contributed by atoms with Crippen LogP contribution in [0.15, 0.2) is 11.5 Å². The molecule has 0 aliphatic heterocycles. The van der Waals surface area contributed by atoms with E-state index in [9.17, 15) is 4.79 Å². The van der Waals surface area contributed by atoms with Gasteiger partial charge in [0.15, 0.2) is 0 Å². The van der Waals surface area contributed by atoms with Crippen molar-refractivity contribution in [2.45, 2.75) is 91.4 Å². The minimum absolute atomic E-state index is 0.102. The first kappa shape index (κ1) is 21.0. The lowest BCUT2D eigenvalue weighted by Crippen LogP contribution is -2.42. The van der Waals surface area contributed by atoms with Crippen LogP contribution in [0.2, 0.25) is 0 Å². The third kappa shape index (κ3) is 7.71. The Morgan fingerprint density at radius 2 is 1.96 bits per heavy atom. The van der Waals surface area contributed by atoms with Gasteiger partial charge in [0.2, 0.25) is 0 Å². The predicted molar refractivity (Wildman–Crippen MR) is 97.9 cm³/mol. The van der Waals surface area contributed by atoms with E-state index in [1.54, 1.807) is 0 Å². The summed E-state index contributed by atoms with van der Waals surface area (Å²) in [5.74, 6) is 0. The first-order chi connectivity index (χ1) is 11.1. The maximum Gasteiger partial charge on any atom is 0.489 e. The van der Waals surface area contributed by atoms with Crippen LogP contribution in [0.3, 0.4) is 0 Å². The maximum absolute atomic E-state index is 11.9. The molecule has 0 radical (unpaired) electrons. The molecule has 5 nitrogen and oxygen atoms in total. The lowest BCUT2D eigenvalue weighted by Gasteiger charge is -2.31. The van der Waals surface area contributed by atoms with Crippen LogP contribution in [0.4, 0.5) is 4.79 Å². The SMILES string of the molecule is CCOB(OC(C)(C)CC)C1=CCC(NC(=O)OC(C)(C)C)CC1. The third-order valence-corrected chi connectivity index (χ3v) is 4.07. The molecule has 0 spiro atoms. The molecule has 6 heteroatoms. The van der Waals surface area contributed by atoms with Crippen LogP contribution in [0.25, 0.3) is 0 Å². The summed E-state index contributed by atoms with van der Waals surface area (Å²) in [5, 5.41) is 2.94. The molecule has 24 heavy (non-hydrogen) atoms. The summed E-state index contributed by atoms with van der Waals surface area (Å²) in [6.45, 7) is 14.5. The van der Waals surface area contributed by atoms with Gasteiger partial charge in [-0.25, -0.2) is 4.79 Å². The maximum atomic E-state index is 11.9. The molecule has 1 rings (SSSR count). The number of alkyl carbamates (subject to hydrolysis) is 1. The van der Waals surface area contributed by atoms with E-state index in [-0.39, 0.29) is 24.9 Å². The number of ether oxygens (including phenoxy) is 1. The third-order valence-electron chi connectivity index (χ3n) is 4.07. The van der Waals surface area contributed by atoms with Gasteiger partial charge in [0.1, 0.15) is 5.60 Å². The largest absolute Gasteiger partial charge is 0.489 e. The zero-order valence-electron chi connectivity index (χ0n) is 16.4. The molecule has 1 aliphatic carbocycles. The quantitative estimate of drug-likeness (QED) is 0.704. The van der Waals surface area contributed by atoms with Crippen LogP contribution in [0, 0.1) is 0 Å². The Balaban J connectivity index is 2.60. The fraction of sp³-hybridized carbons (Fsp3) is 0.833. The standard InChI is InChI=1S/C18H34BNO4/c1-8-18(6,7)24-19(22-9-2)14-10-12-15(13-11-14)20-16(21)23-17(3,4)5/h10,15H,8-9,11-13H2,1-7H3,(H,20,21). The van der Waals surface area contributed by atoms with Crippen molar-refractivity contribution >= 4 is 13.2 Å². The zero-order chi connectivity index (χ0) is 18.4. The van der Waals surface area contributed by atoms with Gasteiger partial charge in [-0.3, -0.25) is 0 Å². The van der Waals surface area contributed by atoms with E-state index in [0.717, 1.165) is 25.7 Å². The number of carbonyl (C=O) groups is 1. The van der Waals surface area contributed by atoms with Gasteiger partial charge >= 0.3 is 13.2 Å². The molecule has 0 aromatic heterocycles. The van der Waals surface area contributed by atoms with Crippen molar-refractivity contribution in [3.63, 3.8) is 0 Å². The first-order valence-corrected chi connectivity index (χ1v) is 9.04. The van der Waals surface area contributed by atoms with Gasteiger partial charge in [-0.1, -0.05) is 13.0 Å². The lowest BCUT2D eigenvalue weighted by molar-refractivity contribution is 0.0501. The second-order valence-corrected chi connectivity index (χ2v) is 7.91. The van der Waals surface area contributed by atoms with Gasteiger partial charge < -0.3 is 19.4 Å². The topological polar surface area (TPSA) is 56.8 Å². The summed E-state index contributed by atoms with van der Waals surface area (Å²) in [4.78, 5) is 11.9. The molecule has 0 fully saturated rings. The van der Waals surface area contributed by atoms with E-state index < -0.39 is 5.60 Å².